The number of anilines is 1. The second kappa shape index (κ2) is 8.12. The number of nitrogens with zero attached hydrogens (tertiary/aromatic N) is 4. The molecular weight excluding hydrogens is 376 g/mol. The Kier molecular flexibility index (Phi) is 5.65. The Morgan fingerprint density at radius 1 is 1.27 bits per heavy atom. The molecule has 2 aromatic heterocycles. The van der Waals surface area contributed by atoms with Gasteiger partial charge in [-0.2, -0.15) is 20.3 Å². The minimum absolute atomic E-state index is 0.314. The van der Waals surface area contributed by atoms with E-state index in [1.165, 1.54) is 26.2 Å². The second-order valence-electron chi connectivity index (χ2n) is 5.13. The number of nitriles is 1. The molecule has 0 fully saturated rings. The average Bonchev–Trinajstić information content (AvgIpc) is 3.06. The fourth-order valence-corrected chi connectivity index (χ4v) is 3.19. The largest absolute Gasteiger partial charge is 0.481 e. The van der Waals surface area contributed by atoms with Crippen LogP contribution < -0.4 is 14.2 Å². The van der Waals surface area contributed by atoms with Gasteiger partial charge in [0.2, 0.25) is 17.7 Å². The zero-order valence-electron chi connectivity index (χ0n) is 14.0. The van der Waals surface area contributed by atoms with Crippen molar-refractivity contribution in [1.29, 1.82) is 5.26 Å². The van der Waals surface area contributed by atoms with E-state index >= 15 is 0 Å². The number of rotatable bonds is 7. The van der Waals surface area contributed by atoms with Crippen LogP contribution in [0.2, 0.25) is 5.02 Å². The molecule has 134 valence electrons. The molecule has 0 aliphatic heterocycles. The molecule has 0 saturated carbocycles. The molecule has 0 bridgehead atoms. The quantitative estimate of drug-likeness (QED) is 0.589. The number of methoxy groups -OCH3 is 2. The van der Waals surface area contributed by atoms with E-state index in [4.69, 9.17) is 26.3 Å². The summed E-state index contributed by atoms with van der Waals surface area (Å²) in [4.78, 5) is 8.67. The summed E-state index contributed by atoms with van der Waals surface area (Å²) in [5.74, 6) is 1.05. The van der Waals surface area contributed by atoms with E-state index in [0.29, 0.717) is 41.1 Å². The van der Waals surface area contributed by atoms with Crippen LogP contribution in [0.4, 0.5) is 5.95 Å². The molecule has 2 heterocycles. The molecule has 10 heteroatoms. The van der Waals surface area contributed by atoms with Gasteiger partial charge in [-0.1, -0.05) is 11.6 Å². The van der Waals surface area contributed by atoms with Gasteiger partial charge in [0.1, 0.15) is 5.03 Å². The molecular formula is C16H15ClN6O2S. The van der Waals surface area contributed by atoms with Gasteiger partial charge in [-0.25, -0.2) is 0 Å². The van der Waals surface area contributed by atoms with Crippen LogP contribution in [0.3, 0.4) is 0 Å². The number of benzene rings is 1. The van der Waals surface area contributed by atoms with Gasteiger partial charge in [-0.3, -0.25) is 9.82 Å². The number of aromatic amines is 1. The van der Waals surface area contributed by atoms with Crippen LogP contribution in [-0.2, 0) is 6.42 Å². The van der Waals surface area contributed by atoms with Crippen molar-refractivity contribution < 1.29 is 9.47 Å². The first-order valence-corrected chi connectivity index (χ1v) is 8.78. The first-order valence-electron chi connectivity index (χ1n) is 7.58. The molecule has 0 radical (unpaired) electrons. The highest BCUT2D eigenvalue weighted by atomic mass is 35.5. The highest BCUT2D eigenvalue weighted by Gasteiger charge is 2.16. The van der Waals surface area contributed by atoms with Crippen molar-refractivity contribution in [2.45, 2.75) is 17.9 Å². The Morgan fingerprint density at radius 3 is 2.65 bits per heavy atom. The molecule has 0 amide bonds. The third kappa shape index (κ3) is 3.76. The molecule has 8 nitrogen and oxygen atoms in total. The fourth-order valence-electron chi connectivity index (χ4n) is 2.36. The third-order valence-corrected chi connectivity index (χ3v) is 4.56. The SMILES string of the molecule is COc1nc(NSc2n[nH]c3cc(Cl)ccc23)nc(OC)c1CCC#N. The summed E-state index contributed by atoms with van der Waals surface area (Å²) in [6, 6.07) is 7.59. The number of hydrogen-bond acceptors (Lipinski definition) is 8. The van der Waals surface area contributed by atoms with E-state index in [1.54, 1.807) is 12.1 Å². The van der Waals surface area contributed by atoms with E-state index in [2.05, 4.69) is 31.0 Å². The van der Waals surface area contributed by atoms with Crippen LogP contribution in [0.25, 0.3) is 10.9 Å². The van der Waals surface area contributed by atoms with Crippen molar-refractivity contribution in [3.05, 3.63) is 28.8 Å². The zero-order valence-corrected chi connectivity index (χ0v) is 15.6. The predicted molar refractivity (Wildman–Crippen MR) is 99.7 cm³/mol. The number of nitrogens with one attached hydrogen (secondary N) is 2. The molecule has 0 spiro atoms. The third-order valence-electron chi connectivity index (χ3n) is 3.53. The molecule has 0 aliphatic rings. The normalized spacial score (nSPS) is 10.5. The maximum absolute atomic E-state index is 8.80. The van der Waals surface area contributed by atoms with Crippen molar-refractivity contribution in [3.63, 3.8) is 0 Å². The Labute approximate surface area is 159 Å². The number of halogens is 1. The lowest BCUT2D eigenvalue weighted by Crippen LogP contribution is -2.05. The standard InChI is InChI=1S/C16H15ClN6O2S/c1-24-13-11(4-3-7-18)14(25-2)20-16(19-13)23-26-15-10-6-5-9(17)8-12(10)21-22-15/h5-6,8H,3-4H2,1-2H3,(H,21,22)(H,19,20,23). The number of fused-ring (bicyclic) bond motifs is 1. The molecule has 2 N–H and O–H groups in total. The van der Waals surface area contributed by atoms with Crippen molar-refractivity contribution in [1.82, 2.24) is 20.2 Å². The topological polar surface area (TPSA) is 109 Å². The highest BCUT2D eigenvalue weighted by Crippen LogP contribution is 2.31. The second-order valence-corrected chi connectivity index (χ2v) is 6.36. The summed E-state index contributed by atoms with van der Waals surface area (Å²) < 4.78 is 13.7. The number of aromatic nitrogens is 4. The van der Waals surface area contributed by atoms with Crippen molar-refractivity contribution in [3.8, 4) is 17.8 Å². The number of H-pyrrole nitrogens is 1. The summed E-state index contributed by atoms with van der Waals surface area (Å²) in [5.41, 5.74) is 1.50. The van der Waals surface area contributed by atoms with Gasteiger partial charge in [0.15, 0.2) is 0 Å². The van der Waals surface area contributed by atoms with Gasteiger partial charge in [0.05, 0.1) is 31.4 Å². The summed E-state index contributed by atoms with van der Waals surface area (Å²) in [6.07, 6.45) is 0.764. The van der Waals surface area contributed by atoms with Crippen molar-refractivity contribution in [2.24, 2.45) is 0 Å². The van der Waals surface area contributed by atoms with Crippen molar-refractivity contribution in [2.75, 3.05) is 18.9 Å². The average molecular weight is 391 g/mol. The summed E-state index contributed by atoms with van der Waals surface area (Å²) in [6.45, 7) is 0. The zero-order chi connectivity index (χ0) is 18.5. The van der Waals surface area contributed by atoms with E-state index < -0.39 is 0 Å². The molecule has 3 rings (SSSR count). The maximum atomic E-state index is 8.80. The van der Waals surface area contributed by atoms with Gasteiger partial charge in [-0.05, 0) is 24.6 Å². The Hall–Kier alpha value is -2.70. The van der Waals surface area contributed by atoms with Crippen LogP contribution >= 0.6 is 23.5 Å². The predicted octanol–water partition coefficient (Wildman–Crippen LogP) is 3.60. The van der Waals surface area contributed by atoms with Crippen LogP contribution in [-0.4, -0.2) is 34.4 Å². The molecule has 0 unspecified atom stereocenters. The number of hydrogen-bond donors (Lipinski definition) is 2. The Bertz CT molecular complexity index is 946. The molecule has 1 aromatic carbocycles. The Balaban J connectivity index is 1.84. The lowest BCUT2D eigenvalue weighted by atomic mass is 10.2. The highest BCUT2D eigenvalue weighted by molar-refractivity contribution is 8.00. The van der Waals surface area contributed by atoms with Crippen LogP contribution in [0, 0.1) is 11.3 Å². The smallest absolute Gasteiger partial charge is 0.239 e. The lowest BCUT2D eigenvalue weighted by Gasteiger charge is -2.12. The van der Waals surface area contributed by atoms with Gasteiger partial charge in [0.25, 0.3) is 0 Å². The summed E-state index contributed by atoms with van der Waals surface area (Å²) in [7, 11) is 3.03. The van der Waals surface area contributed by atoms with Crippen LogP contribution in [0.1, 0.15) is 12.0 Å². The van der Waals surface area contributed by atoms with E-state index in [9.17, 15) is 0 Å². The van der Waals surface area contributed by atoms with Crippen LogP contribution in [0.15, 0.2) is 23.2 Å². The van der Waals surface area contributed by atoms with E-state index in [-0.39, 0.29) is 0 Å². The molecule has 26 heavy (non-hydrogen) atoms. The summed E-state index contributed by atoms with van der Waals surface area (Å²) >= 11 is 7.23. The van der Waals surface area contributed by atoms with E-state index in [1.807, 2.05) is 6.07 Å². The van der Waals surface area contributed by atoms with E-state index in [0.717, 1.165) is 15.9 Å². The van der Waals surface area contributed by atoms with Gasteiger partial charge < -0.3 is 9.47 Å². The first-order chi connectivity index (χ1) is 12.7. The minimum atomic E-state index is 0.314. The Morgan fingerprint density at radius 2 is 2.00 bits per heavy atom. The van der Waals surface area contributed by atoms with Gasteiger partial charge in [0, 0.05) is 28.8 Å². The summed E-state index contributed by atoms with van der Waals surface area (Å²) in [5, 5.41) is 18.3. The van der Waals surface area contributed by atoms with Gasteiger partial charge in [-0.15, -0.1) is 0 Å². The first kappa shape index (κ1) is 18.1. The fraction of sp³-hybridized carbons (Fsp3) is 0.250. The lowest BCUT2D eigenvalue weighted by molar-refractivity contribution is 0.364. The van der Waals surface area contributed by atoms with Gasteiger partial charge >= 0.3 is 0 Å². The van der Waals surface area contributed by atoms with Crippen molar-refractivity contribution >= 4 is 40.4 Å². The van der Waals surface area contributed by atoms with Crippen LogP contribution in [0.5, 0.6) is 11.8 Å². The minimum Gasteiger partial charge on any atom is -0.481 e. The molecule has 0 saturated heterocycles. The molecule has 3 aromatic rings. The maximum Gasteiger partial charge on any atom is 0.239 e. The monoisotopic (exact) mass is 390 g/mol. The molecule has 0 aliphatic carbocycles. The molecule has 0 atom stereocenters. The number of ether oxygens (including phenoxy) is 2.